The monoisotopic (exact) mass is 408 g/mol. The molecule has 0 atom stereocenters. The van der Waals surface area contributed by atoms with Crippen LogP contribution in [-0.2, 0) is 0 Å². The fourth-order valence-electron chi connectivity index (χ4n) is 3.86. The van der Waals surface area contributed by atoms with E-state index in [4.69, 9.17) is 4.98 Å². The van der Waals surface area contributed by atoms with Gasteiger partial charge in [0.1, 0.15) is 0 Å². The van der Waals surface area contributed by atoms with Gasteiger partial charge in [0.2, 0.25) is 5.95 Å². The molecule has 5 nitrogen and oxygen atoms in total. The van der Waals surface area contributed by atoms with E-state index in [1.165, 1.54) is 12.8 Å². The third kappa shape index (κ3) is 3.99. The predicted molar refractivity (Wildman–Crippen MR) is 125 cm³/mol. The molecule has 1 aliphatic rings. The molecule has 1 aliphatic carbocycles. The van der Waals surface area contributed by atoms with Crippen molar-refractivity contribution in [2.24, 2.45) is 0 Å². The third-order valence-corrected chi connectivity index (χ3v) is 5.72. The summed E-state index contributed by atoms with van der Waals surface area (Å²) in [6, 6.07) is 21.5. The van der Waals surface area contributed by atoms with E-state index >= 15 is 0 Å². The van der Waals surface area contributed by atoms with E-state index in [1.807, 2.05) is 74.5 Å². The number of nitrogens with one attached hydrogen (secondary N) is 2. The van der Waals surface area contributed by atoms with Crippen molar-refractivity contribution in [1.82, 2.24) is 9.97 Å². The first kappa shape index (κ1) is 19.2. The van der Waals surface area contributed by atoms with Gasteiger partial charge in [0.15, 0.2) is 0 Å². The Balaban J connectivity index is 1.35. The second kappa shape index (κ2) is 7.84. The molecule has 0 unspecified atom stereocenters. The summed E-state index contributed by atoms with van der Waals surface area (Å²) in [5.41, 5.74) is 6.49. The predicted octanol–water partition coefficient (Wildman–Crippen LogP) is 6.12. The van der Waals surface area contributed by atoms with Crippen LogP contribution in [0.3, 0.4) is 0 Å². The smallest absolute Gasteiger partial charge is 0.255 e. The molecule has 0 spiro atoms. The molecule has 5 rings (SSSR count). The summed E-state index contributed by atoms with van der Waals surface area (Å²) < 4.78 is 0. The van der Waals surface area contributed by atoms with Crippen molar-refractivity contribution in [3.63, 3.8) is 0 Å². The number of amides is 1. The van der Waals surface area contributed by atoms with E-state index in [0.717, 1.165) is 39.1 Å². The Hall–Kier alpha value is -3.73. The van der Waals surface area contributed by atoms with Crippen LogP contribution in [0.15, 0.2) is 66.7 Å². The first-order chi connectivity index (χ1) is 15.1. The van der Waals surface area contributed by atoms with E-state index in [2.05, 4.69) is 21.7 Å². The third-order valence-electron chi connectivity index (χ3n) is 5.72. The number of nitrogens with zero attached hydrogens (tertiary/aromatic N) is 2. The first-order valence-corrected chi connectivity index (χ1v) is 10.6. The number of rotatable bonds is 5. The maximum Gasteiger partial charge on any atom is 0.255 e. The molecule has 31 heavy (non-hydrogen) atoms. The summed E-state index contributed by atoms with van der Waals surface area (Å²) >= 11 is 0. The van der Waals surface area contributed by atoms with Gasteiger partial charge in [-0.05, 0) is 68.1 Å². The standard InChI is InChI=1S/C26H24N4O/c1-16-6-5-7-17(2)23(16)29-25(31)19-12-14-20(15-13-19)27-26-28-22-9-4-3-8-21(22)24(30-26)18-10-11-18/h3-9,12-15,18H,10-11H2,1-2H3,(H,29,31)(H,27,28,30). The lowest BCUT2D eigenvalue weighted by Gasteiger charge is -2.12. The highest BCUT2D eigenvalue weighted by Crippen LogP contribution is 2.42. The van der Waals surface area contributed by atoms with E-state index in [1.54, 1.807) is 0 Å². The number of aromatic nitrogens is 2. The molecule has 0 saturated heterocycles. The van der Waals surface area contributed by atoms with Gasteiger partial charge in [-0.2, -0.15) is 0 Å². The lowest BCUT2D eigenvalue weighted by Crippen LogP contribution is -2.13. The molecule has 1 fully saturated rings. The largest absolute Gasteiger partial charge is 0.324 e. The molecule has 5 heteroatoms. The molecular weight excluding hydrogens is 384 g/mol. The molecular formula is C26H24N4O. The number of anilines is 3. The van der Waals surface area contributed by atoms with Crippen LogP contribution in [0.4, 0.5) is 17.3 Å². The number of carbonyl (C=O) groups excluding carboxylic acids is 1. The maximum absolute atomic E-state index is 12.7. The summed E-state index contributed by atoms with van der Waals surface area (Å²) in [6.07, 6.45) is 2.37. The van der Waals surface area contributed by atoms with Crippen molar-refractivity contribution in [2.75, 3.05) is 10.6 Å². The van der Waals surface area contributed by atoms with Gasteiger partial charge in [-0.1, -0.05) is 36.4 Å². The number of para-hydroxylation sites is 2. The number of fused-ring (bicyclic) bond motifs is 1. The Morgan fingerprint density at radius 3 is 2.29 bits per heavy atom. The normalized spacial score (nSPS) is 13.2. The van der Waals surface area contributed by atoms with E-state index in [9.17, 15) is 4.79 Å². The van der Waals surface area contributed by atoms with Gasteiger partial charge in [0.25, 0.3) is 5.91 Å². The Morgan fingerprint density at radius 1 is 0.871 bits per heavy atom. The van der Waals surface area contributed by atoms with Crippen LogP contribution >= 0.6 is 0 Å². The molecule has 1 saturated carbocycles. The zero-order valence-corrected chi connectivity index (χ0v) is 17.6. The number of aryl methyl sites for hydroxylation is 2. The summed E-state index contributed by atoms with van der Waals surface area (Å²) in [5, 5.41) is 7.46. The first-order valence-electron chi connectivity index (χ1n) is 10.6. The van der Waals surface area contributed by atoms with Crippen LogP contribution in [-0.4, -0.2) is 15.9 Å². The number of carbonyl (C=O) groups is 1. The zero-order valence-electron chi connectivity index (χ0n) is 17.6. The van der Waals surface area contributed by atoms with Crippen LogP contribution in [0, 0.1) is 13.8 Å². The van der Waals surface area contributed by atoms with Crippen LogP contribution in [0.1, 0.15) is 45.9 Å². The summed E-state index contributed by atoms with van der Waals surface area (Å²) in [5.74, 6) is 1.000. The van der Waals surface area contributed by atoms with Crippen LogP contribution < -0.4 is 10.6 Å². The molecule has 1 amide bonds. The molecule has 154 valence electrons. The lowest BCUT2D eigenvalue weighted by molar-refractivity contribution is 0.102. The Morgan fingerprint density at radius 2 is 1.58 bits per heavy atom. The minimum atomic E-state index is -0.123. The number of hydrogen-bond donors (Lipinski definition) is 2. The zero-order chi connectivity index (χ0) is 21.4. The van der Waals surface area contributed by atoms with Crippen molar-refractivity contribution < 1.29 is 4.79 Å². The molecule has 1 heterocycles. The molecule has 1 aromatic heterocycles. The van der Waals surface area contributed by atoms with Crippen LogP contribution in [0.25, 0.3) is 10.9 Å². The quantitative estimate of drug-likeness (QED) is 0.417. The molecule has 0 bridgehead atoms. The van der Waals surface area contributed by atoms with Crippen LogP contribution in [0.2, 0.25) is 0 Å². The van der Waals surface area contributed by atoms with Crippen molar-refractivity contribution in [2.45, 2.75) is 32.6 Å². The van der Waals surface area contributed by atoms with Gasteiger partial charge < -0.3 is 10.6 Å². The van der Waals surface area contributed by atoms with Crippen LogP contribution in [0.5, 0.6) is 0 Å². The van der Waals surface area contributed by atoms with Crippen molar-refractivity contribution in [1.29, 1.82) is 0 Å². The lowest BCUT2D eigenvalue weighted by atomic mass is 10.1. The Labute approximate surface area is 181 Å². The van der Waals surface area contributed by atoms with Crippen molar-refractivity contribution in [3.05, 3.63) is 89.1 Å². The average molecular weight is 409 g/mol. The average Bonchev–Trinajstić information content (AvgIpc) is 3.62. The van der Waals surface area contributed by atoms with Gasteiger partial charge in [-0.15, -0.1) is 0 Å². The number of hydrogen-bond acceptors (Lipinski definition) is 4. The second-order valence-electron chi connectivity index (χ2n) is 8.15. The van der Waals surface area contributed by atoms with E-state index < -0.39 is 0 Å². The molecule has 3 aromatic carbocycles. The fourth-order valence-corrected chi connectivity index (χ4v) is 3.86. The summed E-state index contributed by atoms with van der Waals surface area (Å²) in [7, 11) is 0. The van der Waals surface area contributed by atoms with Gasteiger partial charge in [-0.25, -0.2) is 9.97 Å². The van der Waals surface area contributed by atoms with Gasteiger partial charge in [-0.3, -0.25) is 4.79 Å². The van der Waals surface area contributed by atoms with E-state index in [-0.39, 0.29) is 5.91 Å². The topological polar surface area (TPSA) is 66.9 Å². The highest BCUT2D eigenvalue weighted by atomic mass is 16.1. The molecule has 4 aromatic rings. The van der Waals surface area contributed by atoms with Gasteiger partial charge in [0, 0.05) is 28.2 Å². The highest BCUT2D eigenvalue weighted by molar-refractivity contribution is 6.05. The van der Waals surface area contributed by atoms with E-state index in [0.29, 0.717) is 17.4 Å². The summed E-state index contributed by atoms with van der Waals surface area (Å²) in [4.78, 5) is 22.2. The number of benzene rings is 3. The van der Waals surface area contributed by atoms with Gasteiger partial charge >= 0.3 is 0 Å². The minimum absolute atomic E-state index is 0.123. The van der Waals surface area contributed by atoms with Gasteiger partial charge in [0.05, 0.1) is 11.2 Å². The second-order valence-corrected chi connectivity index (χ2v) is 8.15. The highest BCUT2D eigenvalue weighted by Gasteiger charge is 2.27. The summed E-state index contributed by atoms with van der Waals surface area (Å²) in [6.45, 7) is 3.99. The van der Waals surface area contributed by atoms with Crippen molar-refractivity contribution in [3.8, 4) is 0 Å². The Bertz CT molecular complexity index is 1260. The van der Waals surface area contributed by atoms with Crippen molar-refractivity contribution >= 4 is 34.1 Å². The maximum atomic E-state index is 12.7. The Kier molecular flexibility index (Phi) is 4.86. The molecule has 2 N–H and O–H groups in total. The fraction of sp³-hybridized carbons (Fsp3) is 0.192. The molecule has 0 radical (unpaired) electrons. The SMILES string of the molecule is Cc1cccc(C)c1NC(=O)c1ccc(Nc2nc(C3CC3)c3ccccc3n2)cc1. The molecule has 0 aliphatic heterocycles. The minimum Gasteiger partial charge on any atom is -0.324 e.